The molecule has 0 radical (unpaired) electrons. The Morgan fingerprint density at radius 3 is 2.57 bits per heavy atom. The van der Waals surface area contributed by atoms with E-state index in [1.807, 2.05) is 6.92 Å². The van der Waals surface area contributed by atoms with Gasteiger partial charge < -0.3 is 5.32 Å². The number of anilines is 1. The second-order valence-electron chi connectivity index (χ2n) is 2.90. The quantitative estimate of drug-likeness (QED) is 0.751. The largest absolute Gasteiger partial charge is 0.384 e. The minimum absolute atomic E-state index is 0.0755. The molecule has 4 nitrogen and oxygen atoms in total. The fourth-order valence-electron chi connectivity index (χ4n) is 1.10. The third kappa shape index (κ3) is 2.71. The molecule has 0 aliphatic carbocycles. The van der Waals surface area contributed by atoms with Crippen LogP contribution in [0.15, 0.2) is 29.2 Å². The van der Waals surface area contributed by atoms with Crippen LogP contribution in [0.1, 0.15) is 13.3 Å². The molecule has 0 heterocycles. The number of hydrogen-bond donors (Lipinski definition) is 2. The highest BCUT2D eigenvalue weighted by molar-refractivity contribution is 7.86. The maximum atomic E-state index is 10.9. The van der Waals surface area contributed by atoms with Crippen LogP contribution in [-0.4, -0.2) is 19.5 Å². The molecule has 0 atom stereocenters. The predicted octanol–water partition coefficient (Wildman–Crippen LogP) is 1.76. The molecular formula is C9H13NO3S. The van der Waals surface area contributed by atoms with Gasteiger partial charge in [-0.25, -0.2) is 0 Å². The normalized spacial score (nSPS) is 11.3. The Morgan fingerprint density at radius 1 is 1.36 bits per heavy atom. The number of hydrogen-bond acceptors (Lipinski definition) is 3. The first-order valence-electron chi connectivity index (χ1n) is 4.36. The zero-order valence-electron chi connectivity index (χ0n) is 7.90. The van der Waals surface area contributed by atoms with Crippen LogP contribution in [0.5, 0.6) is 0 Å². The summed E-state index contributed by atoms with van der Waals surface area (Å²) in [7, 11) is -4.13. The van der Waals surface area contributed by atoms with Gasteiger partial charge in [-0.15, -0.1) is 0 Å². The summed E-state index contributed by atoms with van der Waals surface area (Å²) in [5, 5.41) is 2.93. The van der Waals surface area contributed by atoms with Crippen molar-refractivity contribution in [1.82, 2.24) is 0 Å². The molecule has 78 valence electrons. The van der Waals surface area contributed by atoms with Crippen molar-refractivity contribution in [3.8, 4) is 0 Å². The van der Waals surface area contributed by atoms with Gasteiger partial charge in [0.1, 0.15) is 4.90 Å². The van der Waals surface area contributed by atoms with Crippen molar-refractivity contribution in [1.29, 1.82) is 0 Å². The Bertz CT molecular complexity index is 400. The van der Waals surface area contributed by atoms with Crippen LogP contribution < -0.4 is 5.32 Å². The third-order valence-corrected chi connectivity index (χ3v) is 2.64. The summed E-state index contributed by atoms with van der Waals surface area (Å²) in [6, 6.07) is 6.28. The van der Waals surface area contributed by atoms with E-state index in [2.05, 4.69) is 5.32 Å². The number of nitrogens with one attached hydrogen (secondary N) is 1. The lowest BCUT2D eigenvalue weighted by atomic mass is 10.3. The Labute approximate surface area is 83.7 Å². The van der Waals surface area contributed by atoms with Crippen LogP contribution >= 0.6 is 0 Å². The average molecular weight is 215 g/mol. The maximum Gasteiger partial charge on any atom is 0.296 e. The van der Waals surface area contributed by atoms with Crippen molar-refractivity contribution in [2.24, 2.45) is 0 Å². The highest BCUT2D eigenvalue weighted by Crippen LogP contribution is 2.19. The molecule has 0 aliphatic rings. The van der Waals surface area contributed by atoms with Gasteiger partial charge in [-0.3, -0.25) is 4.55 Å². The SMILES string of the molecule is CCCNc1ccccc1S(=O)(=O)O. The van der Waals surface area contributed by atoms with Gasteiger partial charge in [0, 0.05) is 6.54 Å². The van der Waals surface area contributed by atoms with Gasteiger partial charge in [0.25, 0.3) is 10.1 Å². The van der Waals surface area contributed by atoms with E-state index in [4.69, 9.17) is 4.55 Å². The van der Waals surface area contributed by atoms with Gasteiger partial charge in [-0.2, -0.15) is 8.42 Å². The topological polar surface area (TPSA) is 66.4 Å². The summed E-state index contributed by atoms with van der Waals surface area (Å²) in [5.74, 6) is 0. The molecule has 0 aliphatic heterocycles. The minimum Gasteiger partial charge on any atom is -0.384 e. The van der Waals surface area contributed by atoms with E-state index in [1.165, 1.54) is 6.07 Å². The summed E-state index contributed by atoms with van der Waals surface area (Å²) in [6.07, 6.45) is 0.889. The molecule has 1 aromatic carbocycles. The van der Waals surface area contributed by atoms with Crippen molar-refractivity contribution in [2.45, 2.75) is 18.2 Å². The lowest BCUT2D eigenvalue weighted by Gasteiger charge is -2.08. The van der Waals surface area contributed by atoms with Gasteiger partial charge in [-0.1, -0.05) is 19.1 Å². The zero-order chi connectivity index (χ0) is 10.6. The van der Waals surface area contributed by atoms with Crippen LogP contribution in [0.25, 0.3) is 0 Å². The molecule has 1 rings (SSSR count). The van der Waals surface area contributed by atoms with Gasteiger partial charge in [-0.05, 0) is 18.6 Å². The van der Waals surface area contributed by atoms with Crippen LogP contribution in [0.3, 0.4) is 0 Å². The molecule has 5 heteroatoms. The Hall–Kier alpha value is -1.07. The summed E-state index contributed by atoms with van der Waals surface area (Å²) < 4.78 is 30.8. The minimum atomic E-state index is -4.13. The van der Waals surface area contributed by atoms with E-state index in [9.17, 15) is 8.42 Å². The zero-order valence-corrected chi connectivity index (χ0v) is 8.71. The van der Waals surface area contributed by atoms with Crippen LogP contribution in [0, 0.1) is 0 Å². The molecule has 0 fully saturated rings. The second-order valence-corrected chi connectivity index (χ2v) is 4.29. The number of benzene rings is 1. The number of rotatable bonds is 4. The van der Waals surface area contributed by atoms with Crippen molar-refractivity contribution in [3.05, 3.63) is 24.3 Å². The molecule has 0 aromatic heterocycles. The fourth-order valence-corrected chi connectivity index (χ4v) is 1.77. The van der Waals surface area contributed by atoms with Gasteiger partial charge in [0.05, 0.1) is 5.69 Å². The third-order valence-electron chi connectivity index (χ3n) is 1.73. The molecule has 0 bridgehead atoms. The molecule has 0 spiro atoms. The van der Waals surface area contributed by atoms with Crippen molar-refractivity contribution in [3.63, 3.8) is 0 Å². The molecule has 0 amide bonds. The summed E-state index contributed by atoms with van der Waals surface area (Å²) in [4.78, 5) is -0.0755. The Balaban J connectivity index is 3.04. The van der Waals surface area contributed by atoms with Gasteiger partial charge in [0.15, 0.2) is 0 Å². The summed E-state index contributed by atoms with van der Waals surface area (Å²) >= 11 is 0. The maximum absolute atomic E-state index is 10.9. The molecule has 0 unspecified atom stereocenters. The summed E-state index contributed by atoms with van der Waals surface area (Å²) in [5.41, 5.74) is 0.442. The molecular weight excluding hydrogens is 202 g/mol. The average Bonchev–Trinajstić information content (AvgIpc) is 2.14. The smallest absolute Gasteiger partial charge is 0.296 e. The predicted molar refractivity (Wildman–Crippen MR) is 55.0 cm³/mol. The molecule has 14 heavy (non-hydrogen) atoms. The van der Waals surface area contributed by atoms with E-state index < -0.39 is 10.1 Å². The van der Waals surface area contributed by atoms with Gasteiger partial charge >= 0.3 is 0 Å². The van der Waals surface area contributed by atoms with Gasteiger partial charge in [0.2, 0.25) is 0 Å². The molecule has 0 saturated heterocycles. The first-order chi connectivity index (χ1) is 6.55. The standard InChI is InChI=1S/C9H13NO3S/c1-2-7-10-8-5-3-4-6-9(8)14(11,12)13/h3-6,10H,2,7H2,1H3,(H,11,12,13). The Kier molecular flexibility index (Phi) is 3.49. The first-order valence-corrected chi connectivity index (χ1v) is 5.80. The van der Waals surface area contributed by atoms with Crippen LogP contribution in [0.2, 0.25) is 0 Å². The highest BCUT2D eigenvalue weighted by Gasteiger charge is 2.13. The van der Waals surface area contributed by atoms with E-state index in [1.54, 1.807) is 18.2 Å². The highest BCUT2D eigenvalue weighted by atomic mass is 32.2. The first kappa shape index (κ1) is 11.0. The van der Waals surface area contributed by atoms with E-state index in [0.717, 1.165) is 6.42 Å². The Morgan fingerprint density at radius 2 is 2.00 bits per heavy atom. The van der Waals surface area contributed by atoms with Crippen molar-refractivity contribution in [2.75, 3.05) is 11.9 Å². The van der Waals surface area contributed by atoms with Crippen molar-refractivity contribution >= 4 is 15.8 Å². The fraction of sp³-hybridized carbons (Fsp3) is 0.333. The molecule has 2 N–H and O–H groups in total. The molecule has 0 saturated carbocycles. The lowest BCUT2D eigenvalue weighted by Crippen LogP contribution is -2.06. The van der Waals surface area contributed by atoms with Crippen LogP contribution in [0.4, 0.5) is 5.69 Å². The van der Waals surface area contributed by atoms with Crippen LogP contribution in [-0.2, 0) is 10.1 Å². The number of para-hydroxylation sites is 1. The van der Waals surface area contributed by atoms with E-state index in [-0.39, 0.29) is 4.90 Å². The summed E-state index contributed by atoms with van der Waals surface area (Å²) in [6.45, 7) is 2.65. The van der Waals surface area contributed by atoms with E-state index in [0.29, 0.717) is 12.2 Å². The monoisotopic (exact) mass is 215 g/mol. The lowest BCUT2D eigenvalue weighted by molar-refractivity contribution is 0.483. The second kappa shape index (κ2) is 4.43. The van der Waals surface area contributed by atoms with Crippen molar-refractivity contribution < 1.29 is 13.0 Å². The molecule has 1 aromatic rings. The van der Waals surface area contributed by atoms with E-state index >= 15 is 0 Å².